The number of nitrogens with one attached hydrogen (secondary N) is 3. The summed E-state index contributed by atoms with van der Waals surface area (Å²) in [4.78, 5) is 16.3. The third-order valence-corrected chi connectivity index (χ3v) is 3.14. The van der Waals surface area contributed by atoms with E-state index in [-0.39, 0.29) is 5.56 Å². The minimum Gasteiger partial charge on any atom is -0.357 e. The number of halogens is 3. The molecule has 1 aromatic rings. The highest BCUT2D eigenvalue weighted by molar-refractivity contribution is 5.94. The van der Waals surface area contributed by atoms with Crippen LogP contribution in [-0.4, -0.2) is 38.0 Å². The first-order valence-electron chi connectivity index (χ1n) is 8.21. The van der Waals surface area contributed by atoms with E-state index < -0.39 is 17.6 Å². The highest BCUT2D eigenvalue weighted by Gasteiger charge is 2.30. The molecule has 0 heterocycles. The monoisotopic (exact) mass is 358 g/mol. The molecule has 140 valence electrons. The number of alkyl halides is 3. The molecule has 0 saturated heterocycles. The van der Waals surface area contributed by atoms with Gasteiger partial charge in [-0.25, -0.2) is 0 Å². The van der Waals surface area contributed by atoms with Gasteiger partial charge in [-0.3, -0.25) is 9.79 Å². The molecule has 1 amide bonds. The minimum atomic E-state index is -4.41. The van der Waals surface area contributed by atoms with Crippen LogP contribution in [0.1, 0.15) is 36.7 Å². The van der Waals surface area contributed by atoms with Gasteiger partial charge in [0.05, 0.1) is 5.56 Å². The van der Waals surface area contributed by atoms with Crippen LogP contribution in [-0.2, 0) is 6.18 Å². The number of guanidine groups is 1. The van der Waals surface area contributed by atoms with Gasteiger partial charge < -0.3 is 16.0 Å². The smallest absolute Gasteiger partial charge is 0.357 e. The molecule has 0 aliphatic carbocycles. The standard InChI is InChI=1S/C17H25F3N4O/c1-4-21-16(24-11-12(2)3)23-10-9-22-15(25)13-5-7-14(8-6-13)17(18,19)20/h5-8,12H,4,9-11H2,1-3H3,(H,22,25)(H2,21,23,24). The molecule has 3 N–H and O–H groups in total. The fourth-order valence-corrected chi connectivity index (χ4v) is 1.89. The molecule has 1 rings (SSSR count). The molecule has 0 aliphatic rings. The van der Waals surface area contributed by atoms with E-state index in [0.717, 1.165) is 18.7 Å². The fraction of sp³-hybridized carbons (Fsp3) is 0.529. The van der Waals surface area contributed by atoms with Crippen LogP contribution in [0.15, 0.2) is 29.3 Å². The summed E-state index contributed by atoms with van der Waals surface area (Å²) in [5.41, 5.74) is -0.587. The Hall–Kier alpha value is -2.25. The summed E-state index contributed by atoms with van der Waals surface area (Å²) < 4.78 is 37.5. The number of rotatable bonds is 7. The van der Waals surface area contributed by atoms with E-state index in [1.807, 2.05) is 6.92 Å². The van der Waals surface area contributed by atoms with Gasteiger partial charge in [-0.05, 0) is 37.1 Å². The van der Waals surface area contributed by atoms with Crippen molar-refractivity contribution in [1.29, 1.82) is 0 Å². The molecular formula is C17H25F3N4O. The van der Waals surface area contributed by atoms with Crippen LogP contribution in [0.5, 0.6) is 0 Å². The van der Waals surface area contributed by atoms with Crippen molar-refractivity contribution in [3.8, 4) is 0 Å². The van der Waals surface area contributed by atoms with E-state index in [9.17, 15) is 18.0 Å². The maximum atomic E-state index is 12.5. The second kappa shape index (κ2) is 9.90. The number of hydrogen-bond donors (Lipinski definition) is 3. The summed E-state index contributed by atoms with van der Waals surface area (Å²) in [6.45, 7) is 8.28. The van der Waals surface area contributed by atoms with Crippen molar-refractivity contribution in [2.45, 2.75) is 26.9 Å². The Balaban J connectivity index is 2.44. The van der Waals surface area contributed by atoms with Crippen molar-refractivity contribution in [2.24, 2.45) is 10.9 Å². The lowest BCUT2D eigenvalue weighted by molar-refractivity contribution is -0.137. The van der Waals surface area contributed by atoms with E-state index in [2.05, 4.69) is 34.8 Å². The molecular weight excluding hydrogens is 333 g/mol. The average Bonchev–Trinajstić information content (AvgIpc) is 2.55. The molecule has 0 unspecified atom stereocenters. The van der Waals surface area contributed by atoms with Crippen LogP contribution in [0.25, 0.3) is 0 Å². The number of aliphatic imine (C=N–C) groups is 1. The summed E-state index contributed by atoms with van der Waals surface area (Å²) in [5.74, 6) is 0.689. The summed E-state index contributed by atoms with van der Waals surface area (Å²) in [6, 6.07) is 4.13. The van der Waals surface area contributed by atoms with E-state index >= 15 is 0 Å². The predicted molar refractivity (Wildman–Crippen MR) is 92.6 cm³/mol. The quantitative estimate of drug-likeness (QED) is 0.399. The van der Waals surface area contributed by atoms with Crippen LogP contribution < -0.4 is 16.0 Å². The Bertz CT molecular complexity index is 568. The van der Waals surface area contributed by atoms with Gasteiger partial charge in [-0.1, -0.05) is 13.8 Å². The maximum absolute atomic E-state index is 12.5. The number of carbonyl (C=O) groups is 1. The van der Waals surface area contributed by atoms with Crippen molar-refractivity contribution in [2.75, 3.05) is 26.2 Å². The number of benzene rings is 1. The second-order valence-corrected chi connectivity index (χ2v) is 5.87. The van der Waals surface area contributed by atoms with Gasteiger partial charge in [0.1, 0.15) is 0 Å². The van der Waals surface area contributed by atoms with Gasteiger partial charge in [0.2, 0.25) is 0 Å². The molecule has 8 heteroatoms. The zero-order valence-electron chi connectivity index (χ0n) is 14.7. The van der Waals surface area contributed by atoms with Crippen LogP contribution in [0.4, 0.5) is 13.2 Å². The van der Waals surface area contributed by atoms with Crippen molar-refractivity contribution in [1.82, 2.24) is 16.0 Å². The topological polar surface area (TPSA) is 65.5 Å². The van der Waals surface area contributed by atoms with Crippen LogP contribution in [0.3, 0.4) is 0 Å². The molecule has 0 saturated carbocycles. The minimum absolute atomic E-state index is 0.188. The number of carbonyl (C=O) groups excluding carboxylic acids is 1. The van der Waals surface area contributed by atoms with Crippen LogP contribution in [0, 0.1) is 5.92 Å². The van der Waals surface area contributed by atoms with Gasteiger partial charge in [-0.15, -0.1) is 0 Å². The molecule has 0 bridgehead atoms. The molecule has 1 aromatic carbocycles. The Morgan fingerprint density at radius 1 is 1.08 bits per heavy atom. The molecule has 0 atom stereocenters. The normalized spacial score (nSPS) is 12.2. The SMILES string of the molecule is CCNC(=NCC(C)C)NCCNC(=O)c1ccc(C(F)(F)F)cc1. The van der Waals surface area contributed by atoms with Gasteiger partial charge in [0.25, 0.3) is 5.91 Å². The van der Waals surface area contributed by atoms with E-state index in [1.165, 1.54) is 12.1 Å². The third kappa shape index (κ3) is 7.91. The zero-order chi connectivity index (χ0) is 18.9. The first-order chi connectivity index (χ1) is 11.7. The van der Waals surface area contributed by atoms with Crippen molar-refractivity contribution in [3.05, 3.63) is 35.4 Å². The average molecular weight is 358 g/mol. The Morgan fingerprint density at radius 3 is 2.20 bits per heavy atom. The van der Waals surface area contributed by atoms with Crippen molar-refractivity contribution < 1.29 is 18.0 Å². The van der Waals surface area contributed by atoms with Gasteiger partial charge in [0, 0.05) is 31.7 Å². The Kier molecular flexibility index (Phi) is 8.24. The number of amides is 1. The molecule has 0 aliphatic heterocycles. The van der Waals surface area contributed by atoms with Crippen molar-refractivity contribution >= 4 is 11.9 Å². The highest BCUT2D eigenvalue weighted by atomic mass is 19.4. The first-order valence-corrected chi connectivity index (χ1v) is 8.21. The van der Waals surface area contributed by atoms with Crippen molar-refractivity contribution in [3.63, 3.8) is 0 Å². The molecule has 0 spiro atoms. The molecule has 5 nitrogen and oxygen atoms in total. The lowest BCUT2D eigenvalue weighted by Gasteiger charge is -2.12. The summed E-state index contributed by atoms with van der Waals surface area (Å²) >= 11 is 0. The molecule has 25 heavy (non-hydrogen) atoms. The van der Waals surface area contributed by atoms with E-state index in [1.54, 1.807) is 0 Å². The lowest BCUT2D eigenvalue weighted by atomic mass is 10.1. The summed E-state index contributed by atoms with van der Waals surface area (Å²) in [7, 11) is 0. The third-order valence-electron chi connectivity index (χ3n) is 3.14. The Morgan fingerprint density at radius 2 is 1.68 bits per heavy atom. The first kappa shape index (κ1) is 20.8. The molecule has 0 aromatic heterocycles. The zero-order valence-corrected chi connectivity index (χ0v) is 14.7. The van der Waals surface area contributed by atoms with Crippen LogP contribution in [0.2, 0.25) is 0 Å². The van der Waals surface area contributed by atoms with E-state index in [0.29, 0.717) is 31.5 Å². The predicted octanol–water partition coefficient (Wildman–Crippen LogP) is 2.65. The summed E-state index contributed by atoms with van der Waals surface area (Å²) in [6.07, 6.45) is -4.41. The lowest BCUT2D eigenvalue weighted by Crippen LogP contribution is -2.41. The second-order valence-electron chi connectivity index (χ2n) is 5.87. The van der Waals surface area contributed by atoms with Gasteiger partial charge in [-0.2, -0.15) is 13.2 Å². The molecule has 0 fully saturated rings. The largest absolute Gasteiger partial charge is 0.416 e. The molecule has 0 radical (unpaired) electrons. The van der Waals surface area contributed by atoms with Gasteiger partial charge >= 0.3 is 6.18 Å². The van der Waals surface area contributed by atoms with Gasteiger partial charge in [0.15, 0.2) is 5.96 Å². The van der Waals surface area contributed by atoms with E-state index in [4.69, 9.17) is 0 Å². The summed E-state index contributed by atoms with van der Waals surface area (Å²) in [5, 5.41) is 8.84. The fourth-order valence-electron chi connectivity index (χ4n) is 1.89. The highest BCUT2D eigenvalue weighted by Crippen LogP contribution is 2.28. The number of nitrogens with zero attached hydrogens (tertiary/aromatic N) is 1. The maximum Gasteiger partial charge on any atom is 0.416 e. The number of hydrogen-bond acceptors (Lipinski definition) is 2. The van der Waals surface area contributed by atoms with Crippen LogP contribution >= 0.6 is 0 Å². The Labute approximate surface area is 146 Å².